The molecule has 100 valence electrons. The predicted molar refractivity (Wildman–Crippen MR) is 72.7 cm³/mol. The normalized spacial score (nSPS) is 15.8. The van der Waals surface area contributed by atoms with Gasteiger partial charge in [0.2, 0.25) is 5.91 Å². The average Bonchev–Trinajstić information content (AvgIpc) is 2.72. The van der Waals surface area contributed by atoms with Crippen LogP contribution in [-0.2, 0) is 4.79 Å². The molecule has 0 bridgehead atoms. The van der Waals surface area contributed by atoms with Gasteiger partial charge in [0.1, 0.15) is 11.8 Å². The van der Waals surface area contributed by atoms with Gasteiger partial charge in [-0.05, 0) is 18.6 Å². The third kappa shape index (κ3) is 3.22. The van der Waals surface area contributed by atoms with Gasteiger partial charge in [-0.25, -0.2) is 4.98 Å². The second kappa shape index (κ2) is 6.19. The molecule has 1 amide bonds. The van der Waals surface area contributed by atoms with Gasteiger partial charge in [0.05, 0.1) is 11.9 Å². The van der Waals surface area contributed by atoms with Crippen molar-refractivity contribution in [3.63, 3.8) is 0 Å². The molecule has 0 aliphatic carbocycles. The highest BCUT2D eigenvalue weighted by Gasteiger charge is 2.18. The highest BCUT2D eigenvalue weighted by molar-refractivity contribution is 5.75. The van der Waals surface area contributed by atoms with E-state index in [0.29, 0.717) is 12.1 Å². The summed E-state index contributed by atoms with van der Waals surface area (Å²) >= 11 is 0. The van der Waals surface area contributed by atoms with Crippen molar-refractivity contribution in [1.82, 2.24) is 9.88 Å². The van der Waals surface area contributed by atoms with Gasteiger partial charge in [0.15, 0.2) is 0 Å². The van der Waals surface area contributed by atoms with Gasteiger partial charge in [0, 0.05) is 32.6 Å². The van der Waals surface area contributed by atoms with E-state index in [4.69, 9.17) is 5.26 Å². The van der Waals surface area contributed by atoms with Crippen LogP contribution in [0.1, 0.15) is 25.5 Å². The predicted octanol–water partition coefficient (Wildman–Crippen LogP) is 1.40. The molecule has 0 saturated carbocycles. The van der Waals surface area contributed by atoms with Crippen LogP contribution >= 0.6 is 0 Å². The summed E-state index contributed by atoms with van der Waals surface area (Å²) < 4.78 is 0. The van der Waals surface area contributed by atoms with Gasteiger partial charge < -0.3 is 9.80 Å². The molecule has 0 N–H and O–H groups in total. The summed E-state index contributed by atoms with van der Waals surface area (Å²) in [6.07, 6.45) is 3.26. The van der Waals surface area contributed by atoms with Crippen molar-refractivity contribution in [1.29, 1.82) is 5.26 Å². The second-order valence-corrected chi connectivity index (χ2v) is 4.59. The molecule has 1 aliphatic heterocycles. The molecule has 0 atom stereocenters. The molecule has 5 heteroatoms. The minimum absolute atomic E-state index is 0.222. The van der Waals surface area contributed by atoms with Crippen LogP contribution in [0.15, 0.2) is 18.3 Å². The fraction of sp³-hybridized carbons (Fsp3) is 0.500. The molecule has 5 nitrogen and oxygen atoms in total. The molecule has 2 heterocycles. The number of rotatable bonds is 2. The first-order chi connectivity index (χ1) is 9.24. The quantitative estimate of drug-likeness (QED) is 0.804. The molecular formula is C14H18N4O. The Morgan fingerprint density at radius 1 is 1.37 bits per heavy atom. The van der Waals surface area contributed by atoms with E-state index >= 15 is 0 Å². The Morgan fingerprint density at radius 3 is 2.84 bits per heavy atom. The Morgan fingerprint density at radius 2 is 2.21 bits per heavy atom. The number of amides is 1. The molecule has 1 aromatic rings. The van der Waals surface area contributed by atoms with E-state index in [1.807, 2.05) is 24.0 Å². The Labute approximate surface area is 113 Å². The van der Waals surface area contributed by atoms with Crippen LogP contribution in [0.3, 0.4) is 0 Å². The summed E-state index contributed by atoms with van der Waals surface area (Å²) in [5.41, 5.74) is 1.45. The zero-order valence-electron chi connectivity index (χ0n) is 11.2. The standard InChI is InChI=1S/C14H18N4O/c1-2-14(19)18-7-3-6-17(8-9-18)13-5-4-12(10-15)16-11-13/h4-5,11H,2-3,6-9H2,1H3. The summed E-state index contributed by atoms with van der Waals surface area (Å²) in [5.74, 6) is 0.222. The van der Waals surface area contributed by atoms with Crippen molar-refractivity contribution in [2.45, 2.75) is 19.8 Å². The van der Waals surface area contributed by atoms with E-state index in [1.165, 1.54) is 0 Å². The fourth-order valence-corrected chi connectivity index (χ4v) is 2.29. The lowest BCUT2D eigenvalue weighted by Crippen LogP contribution is -2.34. The highest BCUT2D eigenvalue weighted by Crippen LogP contribution is 2.16. The lowest BCUT2D eigenvalue weighted by Gasteiger charge is -2.23. The van der Waals surface area contributed by atoms with Crippen molar-refractivity contribution in [3.05, 3.63) is 24.0 Å². The number of nitrogens with zero attached hydrogens (tertiary/aromatic N) is 4. The number of hydrogen-bond acceptors (Lipinski definition) is 4. The zero-order chi connectivity index (χ0) is 13.7. The SMILES string of the molecule is CCC(=O)N1CCCN(c2ccc(C#N)nc2)CC1. The molecule has 0 spiro atoms. The van der Waals surface area contributed by atoms with Gasteiger partial charge in [-0.2, -0.15) is 5.26 Å². The van der Waals surface area contributed by atoms with E-state index in [-0.39, 0.29) is 5.91 Å². The maximum Gasteiger partial charge on any atom is 0.222 e. The number of anilines is 1. The van der Waals surface area contributed by atoms with Gasteiger partial charge in [-0.3, -0.25) is 4.79 Å². The van der Waals surface area contributed by atoms with Crippen LogP contribution in [0.4, 0.5) is 5.69 Å². The molecule has 19 heavy (non-hydrogen) atoms. The number of hydrogen-bond donors (Lipinski definition) is 0. The maximum atomic E-state index is 11.7. The van der Waals surface area contributed by atoms with Crippen LogP contribution in [0.25, 0.3) is 0 Å². The van der Waals surface area contributed by atoms with Crippen molar-refractivity contribution in [2.75, 3.05) is 31.1 Å². The molecule has 1 saturated heterocycles. The van der Waals surface area contributed by atoms with Gasteiger partial charge >= 0.3 is 0 Å². The van der Waals surface area contributed by atoms with Crippen molar-refractivity contribution in [3.8, 4) is 6.07 Å². The first-order valence-corrected chi connectivity index (χ1v) is 6.63. The first kappa shape index (κ1) is 13.3. The second-order valence-electron chi connectivity index (χ2n) is 4.59. The van der Waals surface area contributed by atoms with Crippen LogP contribution in [0.5, 0.6) is 0 Å². The van der Waals surface area contributed by atoms with Gasteiger partial charge in [-0.15, -0.1) is 0 Å². The molecule has 1 aliphatic rings. The van der Waals surface area contributed by atoms with Crippen molar-refractivity contribution in [2.24, 2.45) is 0 Å². The van der Waals surface area contributed by atoms with Crippen LogP contribution in [-0.4, -0.2) is 42.0 Å². The Balaban J connectivity index is 2.02. The van der Waals surface area contributed by atoms with Crippen LogP contribution < -0.4 is 4.90 Å². The van der Waals surface area contributed by atoms with Crippen LogP contribution in [0, 0.1) is 11.3 Å². The summed E-state index contributed by atoms with van der Waals surface area (Å²) in [7, 11) is 0. The number of aromatic nitrogens is 1. The monoisotopic (exact) mass is 258 g/mol. The molecule has 0 aromatic carbocycles. The number of nitriles is 1. The fourth-order valence-electron chi connectivity index (χ4n) is 2.29. The number of pyridine rings is 1. The Kier molecular flexibility index (Phi) is 4.35. The van der Waals surface area contributed by atoms with Gasteiger partial charge in [0.25, 0.3) is 0 Å². The molecule has 2 rings (SSSR count). The average molecular weight is 258 g/mol. The smallest absolute Gasteiger partial charge is 0.222 e. The van der Waals surface area contributed by atoms with Crippen LogP contribution in [0.2, 0.25) is 0 Å². The van der Waals surface area contributed by atoms with Crippen molar-refractivity contribution >= 4 is 11.6 Å². The van der Waals surface area contributed by atoms with Gasteiger partial charge in [-0.1, -0.05) is 6.92 Å². The van der Waals surface area contributed by atoms with E-state index in [1.54, 1.807) is 12.3 Å². The molecular weight excluding hydrogens is 240 g/mol. The van der Waals surface area contributed by atoms with E-state index < -0.39 is 0 Å². The van der Waals surface area contributed by atoms with Crippen molar-refractivity contribution < 1.29 is 4.79 Å². The lowest BCUT2D eigenvalue weighted by molar-refractivity contribution is -0.130. The summed E-state index contributed by atoms with van der Waals surface area (Å²) in [6.45, 7) is 5.22. The van der Waals surface area contributed by atoms with E-state index in [2.05, 4.69) is 9.88 Å². The number of carbonyl (C=O) groups is 1. The zero-order valence-corrected chi connectivity index (χ0v) is 11.2. The lowest BCUT2D eigenvalue weighted by atomic mass is 10.3. The minimum Gasteiger partial charge on any atom is -0.368 e. The Hall–Kier alpha value is -2.09. The highest BCUT2D eigenvalue weighted by atomic mass is 16.2. The molecule has 0 unspecified atom stereocenters. The van der Waals surface area contributed by atoms with E-state index in [9.17, 15) is 4.79 Å². The summed E-state index contributed by atoms with van der Waals surface area (Å²) in [4.78, 5) is 19.9. The maximum absolute atomic E-state index is 11.7. The molecule has 1 aromatic heterocycles. The molecule has 0 radical (unpaired) electrons. The largest absolute Gasteiger partial charge is 0.368 e. The first-order valence-electron chi connectivity index (χ1n) is 6.63. The summed E-state index contributed by atoms with van der Waals surface area (Å²) in [6, 6.07) is 5.67. The third-order valence-electron chi connectivity index (χ3n) is 3.38. The minimum atomic E-state index is 0.222. The summed E-state index contributed by atoms with van der Waals surface area (Å²) in [5, 5.41) is 8.74. The number of carbonyl (C=O) groups excluding carboxylic acids is 1. The topological polar surface area (TPSA) is 60.2 Å². The van der Waals surface area contributed by atoms with E-state index in [0.717, 1.165) is 38.3 Å². The Bertz CT molecular complexity index is 477. The third-order valence-corrected chi connectivity index (χ3v) is 3.38. The molecule has 1 fully saturated rings.